The summed E-state index contributed by atoms with van der Waals surface area (Å²) in [5, 5.41) is 3.90. The maximum atomic E-state index is 12.0. The van der Waals surface area contributed by atoms with Gasteiger partial charge in [0.2, 0.25) is 0 Å². The molecule has 0 unspecified atom stereocenters. The third-order valence-electron chi connectivity index (χ3n) is 2.71. The van der Waals surface area contributed by atoms with Crippen LogP contribution >= 0.6 is 15.9 Å². The van der Waals surface area contributed by atoms with Gasteiger partial charge in [0, 0.05) is 23.5 Å². The first kappa shape index (κ1) is 15.8. The highest BCUT2D eigenvalue weighted by Gasteiger charge is 2.09. The lowest BCUT2D eigenvalue weighted by Gasteiger charge is -2.09. The van der Waals surface area contributed by atoms with E-state index in [0.29, 0.717) is 23.6 Å². The summed E-state index contributed by atoms with van der Waals surface area (Å²) >= 11 is 3.38. The zero-order valence-electron chi connectivity index (χ0n) is 11.4. The monoisotopic (exact) mass is 329 g/mol. The summed E-state index contributed by atoms with van der Waals surface area (Å²) in [7, 11) is 3.13. The molecule has 0 spiro atoms. The maximum Gasteiger partial charge on any atom is 0.251 e. The zero-order valence-corrected chi connectivity index (χ0v) is 13.0. The van der Waals surface area contributed by atoms with Gasteiger partial charge >= 0.3 is 0 Å². The van der Waals surface area contributed by atoms with Crippen LogP contribution in [0.3, 0.4) is 0 Å². The van der Waals surface area contributed by atoms with Gasteiger partial charge in [0.25, 0.3) is 5.91 Å². The van der Waals surface area contributed by atoms with Crippen molar-refractivity contribution < 1.29 is 14.3 Å². The average molecular weight is 330 g/mol. The van der Waals surface area contributed by atoms with Crippen molar-refractivity contribution in [2.45, 2.75) is 19.3 Å². The van der Waals surface area contributed by atoms with Crippen LogP contribution in [0.15, 0.2) is 18.2 Å². The van der Waals surface area contributed by atoms with E-state index in [1.54, 1.807) is 32.4 Å². The predicted molar refractivity (Wildman–Crippen MR) is 79.5 cm³/mol. The highest BCUT2D eigenvalue weighted by molar-refractivity contribution is 9.09. The average Bonchev–Trinajstić information content (AvgIpc) is 2.46. The molecule has 0 radical (unpaired) electrons. The van der Waals surface area contributed by atoms with Crippen LogP contribution in [0.25, 0.3) is 0 Å². The van der Waals surface area contributed by atoms with Gasteiger partial charge in [-0.3, -0.25) is 4.79 Å². The van der Waals surface area contributed by atoms with Gasteiger partial charge in [-0.25, -0.2) is 0 Å². The van der Waals surface area contributed by atoms with E-state index in [4.69, 9.17) is 9.47 Å². The second-order valence-electron chi connectivity index (χ2n) is 4.11. The molecule has 1 aromatic carbocycles. The third kappa shape index (κ3) is 5.51. The van der Waals surface area contributed by atoms with Crippen LogP contribution in [-0.4, -0.2) is 32.0 Å². The van der Waals surface area contributed by atoms with Crippen molar-refractivity contribution in [3.05, 3.63) is 23.8 Å². The Hall–Kier alpha value is -1.23. The second-order valence-corrected chi connectivity index (χ2v) is 4.90. The number of rotatable bonds is 8. The number of amides is 1. The molecule has 4 nitrogen and oxygen atoms in total. The highest BCUT2D eigenvalue weighted by atomic mass is 79.9. The minimum atomic E-state index is -0.101. The third-order valence-corrected chi connectivity index (χ3v) is 3.27. The van der Waals surface area contributed by atoms with Crippen LogP contribution in [0.1, 0.15) is 29.6 Å². The van der Waals surface area contributed by atoms with E-state index in [9.17, 15) is 4.79 Å². The molecule has 1 rings (SSSR count). The number of ether oxygens (including phenoxy) is 2. The van der Waals surface area contributed by atoms with Crippen molar-refractivity contribution in [1.82, 2.24) is 5.32 Å². The number of halogens is 1. The normalized spacial score (nSPS) is 10.1. The first-order chi connectivity index (χ1) is 9.21. The van der Waals surface area contributed by atoms with Crippen molar-refractivity contribution in [3.8, 4) is 11.5 Å². The minimum absolute atomic E-state index is 0.101. The molecular weight excluding hydrogens is 310 g/mol. The summed E-state index contributed by atoms with van der Waals surface area (Å²) in [4.78, 5) is 12.0. The van der Waals surface area contributed by atoms with Gasteiger partial charge in [-0.05, 0) is 25.0 Å². The number of carbonyl (C=O) groups excluding carboxylic acids is 1. The van der Waals surface area contributed by atoms with Crippen LogP contribution < -0.4 is 14.8 Å². The van der Waals surface area contributed by atoms with E-state index in [1.165, 1.54) is 0 Å². The van der Waals surface area contributed by atoms with Gasteiger partial charge in [0.1, 0.15) is 11.5 Å². The van der Waals surface area contributed by atoms with E-state index < -0.39 is 0 Å². The fraction of sp³-hybridized carbons (Fsp3) is 0.500. The molecule has 0 bridgehead atoms. The summed E-state index contributed by atoms with van der Waals surface area (Å²) in [6, 6.07) is 5.15. The topological polar surface area (TPSA) is 47.6 Å². The number of hydrogen-bond acceptors (Lipinski definition) is 3. The lowest BCUT2D eigenvalue weighted by atomic mass is 10.2. The van der Waals surface area contributed by atoms with E-state index in [1.807, 2.05) is 0 Å². The first-order valence-electron chi connectivity index (χ1n) is 6.28. The molecule has 1 amide bonds. The molecule has 1 N–H and O–H groups in total. The molecule has 19 heavy (non-hydrogen) atoms. The number of carbonyl (C=O) groups is 1. The van der Waals surface area contributed by atoms with Crippen LogP contribution in [0.2, 0.25) is 0 Å². The van der Waals surface area contributed by atoms with E-state index in [-0.39, 0.29) is 5.91 Å². The SMILES string of the molecule is COc1cc(OC)cc(C(=O)NCCCCCBr)c1. The Balaban J connectivity index is 2.55. The van der Waals surface area contributed by atoms with Crippen molar-refractivity contribution in [2.24, 2.45) is 0 Å². The summed E-state index contributed by atoms with van der Waals surface area (Å²) in [6.45, 7) is 0.686. The molecule has 1 aromatic rings. The van der Waals surface area contributed by atoms with Gasteiger partial charge in [-0.2, -0.15) is 0 Å². The molecule has 5 heteroatoms. The summed E-state index contributed by atoms with van der Waals surface area (Å²) in [6.07, 6.45) is 3.22. The lowest BCUT2D eigenvalue weighted by molar-refractivity contribution is 0.0952. The standard InChI is InChI=1S/C14H20BrNO3/c1-18-12-8-11(9-13(10-12)19-2)14(17)16-7-5-3-4-6-15/h8-10H,3-7H2,1-2H3,(H,16,17). The summed E-state index contributed by atoms with van der Waals surface area (Å²) in [5.74, 6) is 1.13. The van der Waals surface area contributed by atoms with Gasteiger partial charge in [-0.1, -0.05) is 22.4 Å². The van der Waals surface area contributed by atoms with Crippen molar-refractivity contribution in [2.75, 3.05) is 26.1 Å². The van der Waals surface area contributed by atoms with Crippen LogP contribution in [-0.2, 0) is 0 Å². The molecule has 0 heterocycles. The maximum absolute atomic E-state index is 12.0. The van der Waals surface area contributed by atoms with E-state index in [2.05, 4.69) is 21.2 Å². The molecule has 0 aromatic heterocycles. The lowest BCUT2D eigenvalue weighted by Crippen LogP contribution is -2.24. The summed E-state index contributed by atoms with van der Waals surface area (Å²) in [5.41, 5.74) is 0.552. The molecule has 0 saturated heterocycles. The molecule has 0 fully saturated rings. The molecule has 0 atom stereocenters. The summed E-state index contributed by atoms with van der Waals surface area (Å²) < 4.78 is 10.3. The fourth-order valence-corrected chi connectivity index (χ4v) is 2.04. The Morgan fingerprint density at radius 1 is 1.11 bits per heavy atom. The molecule has 106 valence electrons. The van der Waals surface area contributed by atoms with E-state index in [0.717, 1.165) is 24.6 Å². The van der Waals surface area contributed by atoms with Crippen LogP contribution in [0, 0.1) is 0 Å². The predicted octanol–water partition coefficient (Wildman–Crippen LogP) is 3.00. The van der Waals surface area contributed by atoms with Gasteiger partial charge in [-0.15, -0.1) is 0 Å². The van der Waals surface area contributed by atoms with Crippen LogP contribution in [0.4, 0.5) is 0 Å². The molecule has 0 aliphatic heterocycles. The molecule has 0 saturated carbocycles. The smallest absolute Gasteiger partial charge is 0.251 e. The Kier molecular flexibility index (Phi) is 7.33. The molecule has 0 aliphatic carbocycles. The largest absolute Gasteiger partial charge is 0.497 e. The quantitative estimate of drug-likeness (QED) is 0.589. The Morgan fingerprint density at radius 2 is 1.74 bits per heavy atom. The fourth-order valence-electron chi connectivity index (χ4n) is 1.64. The minimum Gasteiger partial charge on any atom is -0.497 e. The molecule has 0 aliphatic rings. The van der Waals surface area contributed by atoms with Crippen molar-refractivity contribution in [3.63, 3.8) is 0 Å². The second kappa shape index (κ2) is 8.80. The van der Waals surface area contributed by atoms with Gasteiger partial charge in [0.15, 0.2) is 0 Å². The van der Waals surface area contributed by atoms with Crippen molar-refractivity contribution in [1.29, 1.82) is 0 Å². The van der Waals surface area contributed by atoms with Gasteiger partial charge < -0.3 is 14.8 Å². The molecular formula is C14H20BrNO3. The Labute approximate surface area is 122 Å². The van der Waals surface area contributed by atoms with Crippen molar-refractivity contribution >= 4 is 21.8 Å². The van der Waals surface area contributed by atoms with Gasteiger partial charge in [0.05, 0.1) is 14.2 Å². The number of benzene rings is 1. The number of methoxy groups -OCH3 is 2. The zero-order chi connectivity index (χ0) is 14.1. The number of alkyl halides is 1. The van der Waals surface area contributed by atoms with Crippen LogP contribution in [0.5, 0.6) is 11.5 Å². The first-order valence-corrected chi connectivity index (χ1v) is 7.40. The Morgan fingerprint density at radius 3 is 2.26 bits per heavy atom. The highest BCUT2D eigenvalue weighted by Crippen LogP contribution is 2.22. The number of unbranched alkanes of at least 4 members (excludes halogenated alkanes) is 2. The number of hydrogen-bond donors (Lipinski definition) is 1. The number of nitrogens with one attached hydrogen (secondary N) is 1. The van der Waals surface area contributed by atoms with E-state index >= 15 is 0 Å². The Bertz CT molecular complexity index is 387.